The summed E-state index contributed by atoms with van der Waals surface area (Å²) in [5, 5.41) is 9.60. The van der Waals surface area contributed by atoms with Crippen LogP contribution >= 0.6 is 27.5 Å². The molecule has 1 atom stereocenters. The van der Waals surface area contributed by atoms with Crippen molar-refractivity contribution in [1.29, 1.82) is 5.26 Å². The fourth-order valence-electron chi connectivity index (χ4n) is 1.60. The number of Topliss-reactive ketones (excluding diaryl/α,β-unsaturated/α-hetero) is 1. The molecule has 0 fully saturated rings. The van der Waals surface area contributed by atoms with Gasteiger partial charge < -0.3 is 0 Å². The Kier molecular flexibility index (Phi) is 4.95. The summed E-state index contributed by atoms with van der Waals surface area (Å²) in [5.41, 5.74) is 0.953. The third kappa shape index (κ3) is 3.83. The van der Waals surface area contributed by atoms with E-state index >= 15 is 0 Å². The molecule has 2 nitrogen and oxygen atoms in total. The Morgan fingerprint density at radius 2 is 2.11 bits per heavy atom. The van der Waals surface area contributed by atoms with Crippen LogP contribution in [0.15, 0.2) is 18.2 Å². The molecule has 1 aromatic carbocycles. The maximum atomic E-state index is 12.1. The smallest absolute Gasteiger partial charge is 0.152 e. The van der Waals surface area contributed by atoms with Crippen LogP contribution in [0.1, 0.15) is 31.9 Å². The number of nitriles is 1. The van der Waals surface area contributed by atoms with Crippen molar-refractivity contribution in [3.63, 3.8) is 0 Å². The monoisotopic (exact) mass is 327 g/mol. The zero-order chi connectivity index (χ0) is 13.9. The van der Waals surface area contributed by atoms with Crippen molar-refractivity contribution in [2.45, 2.75) is 32.0 Å². The topological polar surface area (TPSA) is 40.9 Å². The summed E-state index contributed by atoms with van der Waals surface area (Å²) in [7, 11) is 0. The zero-order valence-corrected chi connectivity index (χ0v) is 13.0. The van der Waals surface area contributed by atoms with Gasteiger partial charge in [-0.2, -0.15) is 5.26 Å². The van der Waals surface area contributed by atoms with Crippen molar-refractivity contribution in [3.8, 4) is 6.07 Å². The molecule has 0 spiro atoms. The van der Waals surface area contributed by atoms with Crippen molar-refractivity contribution in [1.82, 2.24) is 0 Å². The molecule has 0 aliphatic heterocycles. The van der Waals surface area contributed by atoms with Crippen LogP contribution in [-0.4, -0.2) is 10.6 Å². The first kappa shape index (κ1) is 15.2. The first-order valence-electron chi connectivity index (χ1n) is 5.62. The molecule has 0 saturated carbocycles. The van der Waals surface area contributed by atoms with Crippen molar-refractivity contribution in [2.24, 2.45) is 5.41 Å². The fourth-order valence-corrected chi connectivity index (χ4v) is 2.83. The number of carbonyl (C=O) groups excluding carboxylic acids is 1. The van der Waals surface area contributed by atoms with Gasteiger partial charge in [-0.15, -0.1) is 0 Å². The summed E-state index contributed by atoms with van der Waals surface area (Å²) >= 11 is 9.32. The minimum atomic E-state index is -0.403. The Balaban J connectivity index is 2.95. The molecule has 0 aliphatic rings. The molecule has 0 radical (unpaired) electrons. The second-order valence-corrected chi connectivity index (χ2v) is 6.74. The number of hydrogen-bond donors (Lipinski definition) is 0. The van der Waals surface area contributed by atoms with E-state index in [0.29, 0.717) is 17.0 Å². The van der Waals surface area contributed by atoms with Crippen LogP contribution in [0.25, 0.3) is 0 Å². The number of rotatable bonds is 3. The molecule has 0 N–H and O–H groups in total. The first-order valence-corrected chi connectivity index (χ1v) is 6.92. The van der Waals surface area contributed by atoms with Gasteiger partial charge in [0, 0.05) is 10.4 Å². The lowest BCUT2D eigenvalue weighted by molar-refractivity contribution is -0.125. The predicted molar refractivity (Wildman–Crippen MR) is 77.0 cm³/mol. The summed E-state index contributed by atoms with van der Waals surface area (Å²) < 4.78 is 0. The number of benzene rings is 1. The SMILES string of the molecule is CC(C)(C)C(=O)C(Br)Cc1cc(Cl)ccc1C#N. The van der Waals surface area contributed by atoms with Gasteiger partial charge in [-0.05, 0) is 30.2 Å². The van der Waals surface area contributed by atoms with Crippen LogP contribution < -0.4 is 0 Å². The average molecular weight is 329 g/mol. The molecule has 0 heterocycles. The minimum Gasteiger partial charge on any atom is -0.298 e. The van der Waals surface area contributed by atoms with E-state index in [9.17, 15) is 4.79 Å². The predicted octanol–water partition coefficient (Wildman–Crippen LogP) is 4.13. The highest BCUT2D eigenvalue weighted by Crippen LogP contribution is 2.25. The summed E-state index contributed by atoms with van der Waals surface area (Å²) in [4.78, 5) is 11.8. The third-order valence-corrected chi connectivity index (χ3v) is 3.59. The quantitative estimate of drug-likeness (QED) is 0.783. The van der Waals surface area contributed by atoms with Gasteiger partial charge in [0.1, 0.15) is 0 Å². The highest BCUT2D eigenvalue weighted by atomic mass is 79.9. The molecule has 0 aliphatic carbocycles. The molecular formula is C14H15BrClNO. The molecule has 0 saturated heterocycles. The summed E-state index contributed by atoms with van der Waals surface area (Å²) in [6, 6.07) is 7.21. The highest BCUT2D eigenvalue weighted by molar-refractivity contribution is 9.10. The number of alkyl halides is 1. The number of nitrogens with zero attached hydrogens (tertiary/aromatic N) is 1. The molecule has 0 amide bonds. The Bertz CT molecular complexity index is 499. The van der Waals surface area contributed by atoms with E-state index < -0.39 is 5.41 Å². The molecule has 18 heavy (non-hydrogen) atoms. The van der Waals surface area contributed by atoms with Gasteiger partial charge in [-0.3, -0.25) is 4.79 Å². The zero-order valence-electron chi connectivity index (χ0n) is 10.6. The van der Waals surface area contributed by atoms with Crippen molar-refractivity contribution >= 4 is 33.3 Å². The Hall–Kier alpha value is -0.850. The second-order valence-electron chi connectivity index (χ2n) is 5.20. The minimum absolute atomic E-state index is 0.117. The molecule has 96 valence electrons. The van der Waals surface area contributed by atoms with Crippen molar-refractivity contribution in [3.05, 3.63) is 34.3 Å². The number of carbonyl (C=O) groups is 1. The molecule has 1 aromatic rings. The Labute approximate surface area is 121 Å². The highest BCUT2D eigenvalue weighted by Gasteiger charge is 2.28. The van der Waals surface area contributed by atoms with E-state index in [1.165, 1.54) is 0 Å². The van der Waals surface area contributed by atoms with Gasteiger partial charge >= 0.3 is 0 Å². The van der Waals surface area contributed by atoms with Crippen LogP contribution in [0.2, 0.25) is 5.02 Å². The fraction of sp³-hybridized carbons (Fsp3) is 0.429. The maximum Gasteiger partial charge on any atom is 0.152 e. The lowest BCUT2D eigenvalue weighted by Crippen LogP contribution is -2.30. The molecular weight excluding hydrogens is 314 g/mol. The summed E-state index contributed by atoms with van der Waals surface area (Å²) in [6.07, 6.45) is 0.472. The lowest BCUT2D eigenvalue weighted by Gasteiger charge is -2.21. The van der Waals surface area contributed by atoms with Crippen LogP contribution in [0.3, 0.4) is 0 Å². The van der Waals surface area contributed by atoms with E-state index in [1.54, 1.807) is 18.2 Å². The first-order chi connectivity index (χ1) is 8.25. The summed E-state index contributed by atoms with van der Waals surface area (Å²) in [5.74, 6) is 0.117. The number of ketones is 1. The van der Waals surface area contributed by atoms with Gasteiger partial charge in [-0.25, -0.2) is 0 Å². The van der Waals surface area contributed by atoms with E-state index in [-0.39, 0.29) is 10.6 Å². The second kappa shape index (κ2) is 5.86. The molecule has 1 rings (SSSR count). The van der Waals surface area contributed by atoms with Gasteiger partial charge in [0.25, 0.3) is 0 Å². The van der Waals surface area contributed by atoms with Gasteiger partial charge in [0.05, 0.1) is 16.5 Å². The standard InChI is InChI=1S/C14H15BrClNO/c1-14(2,3)13(18)12(15)7-10-6-11(16)5-4-9(10)8-17/h4-6,12H,7H2,1-3H3. The van der Waals surface area contributed by atoms with Crippen LogP contribution in [0, 0.1) is 16.7 Å². The van der Waals surface area contributed by atoms with Gasteiger partial charge in [-0.1, -0.05) is 48.3 Å². The number of halogens is 2. The molecule has 1 unspecified atom stereocenters. The van der Waals surface area contributed by atoms with E-state index in [1.807, 2.05) is 20.8 Å². The molecule has 0 bridgehead atoms. The van der Waals surface area contributed by atoms with Gasteiger partial charge in [0.2, 0.25) is 0 Å². The van der Waals surface area contributed by atoms with Crippen LogP contribution in [0.5, 0.6) is 0 Å². The Morgan fingerprint density at radius 3 is 2.61 bits per heavy atom. The Morgan fingerprint density at radius 1 is 1.50 bits per heavy atom. The maximum absolute atomic E-state index is 12.1. The third-order valence-electron chi connectivity index (χ3n) is 2.61. The largest absolute Gasteiger partial charge is 0.298 e. The van der Waals surface area contributed by atoms with E-state index in [0.717, 1.165) is 5.56 Å². The van der Waals surface area contributed by atoms with Crippen molar-refractivity contribution < 1.29 is 4.79 Å². The van der Waals surface area contributed by atoms with Crippen molar-refractivity contribution in [2.75, 3.05) is 0 Å². The average Bonchev–Trinajstić information content (AvgIpc) is 2.27. The molecule has 4 heteroatoms. The van der Waals surface area contributed by atoms with Gasteiger partial charge in [0.15, 0.2) is 5.78 Å². The van der Waals surface area contributed by atoms with Crippen LogP contribution in [0.4, 0.5) is 0 Å². The normalized spacial score (nSPS) is 12.9. The summed E-state index contributed by atoms with van der Waals surface area (Å²) in [6.45, 7) is 5.65. The van der Waals surface area contributed by atoms with E-state index in [2.05, 4.69) is 22.0 Å². The number of hydrogen-bond acceptors (Lipinski definition) is 2. The van der Waals surface area contributed by atoms with Crippen LogP contribution in [-0.2, 0) is 11.2 Å². The molecule has 0 aromatic heterocycles. The van der Waals surface area contributed by atoms with E-state index in [4.69, 9.17) is 16.9 Å². The lowest BCUT2D eigenvalue weighted by atomic mass is 9.87.